The molecule has 7 heteroatoms. The zero-order valence-corrected chi connectivity index (χ0v) is 13.0. The second-order valence-electron chi connectivity index (χ2n) is 4.35. The zero-order chi connectivity index (χ0) is 15.2. The van der Waals surface area contributed by atoms with Crippen LogP contribution in [0.15, 0.2) is 41.0 Å². The van der Waals surface area contributed by atoms with E-state index in [1.807, 2.05) is 18.2 Å². The lowest BCUT2D eigenvalue weighted by molar-refractivity contribution is -0.385. The summed E-state index contributed by atoms with van der Waals surface area (Å²) in [7, 11) is 1.57. The van der Waals surface area contributed by atoms with Crippen LogP contribution in [0.5, 0.6) is 5.88 Å². The number of nitro groups is 1. The first-order chi connectivity index (χ1) is 10.1. The van der Waals surface area contributed by atoms with Gasteiger partial charge in [-0.25, -0.2) is 4.98 Å². The second kappa shape index (κ2) is 7.14. The summed E-state index contributed by atoms with van der Waals surface area (Å²) in [6.45, 7) is 1.08. The van der Waals surface area contributed by atoms with Crippen molar-refractivity contribution in [1.82, 2.24) is 10.3 Å². The number of rotatable bonds is 6. The number of nitro benzene ring substituents is 1. The predicted molar refractivity (Wildman–Crippen MR) is 82.1 cm³/mol. The molecule has 0 bridgehead atoms. The van der Waals surface area contributed by atoms with E-state index in [0.29, 0.717) is 23.4 Å². The molecule has 0 radical (unpaired) electrons. The molecule has 2 rings (SSSR count). The molecule has 0 saturated heterocycles. The highest BCUT2D eigenvalue weighted by atomic mass is 79.9. The Morgan fingerprint density at radius 3 is 2.90 bits per heavy atom. The average Bonchev–Trinajstić information content (AvgIpc) is 2.47. The molecule has 0 aliphatic heterocycles. The summed E-state index contributed by atoms with van der Waals surface area (Å²) in [5.41, 5.74) is 1.84. The van der Waals surface area contributed by atoms with Gasteiger partial charge in [0.15, 0.2) is 0 Å². The Labute approximate surface area is 130 Å². The van der Waals surface area contributed by atoms with E-state index in [1.54, 1.807) is 19.4 Å². The van der Waals surface area contributed by atoms with Gasteiger partial charge in [-0.2, -0.15) is 0 Å². The van der Waals surface area contributed by atoms with Gasteiger partial charge in [0.05, 0.1) is 12.0 Å². The summed E-state index contributed by atoms with van der Waals surface area (Å²) in [5, 5.41) is 14.0. The van der Waals surface area contributed by atoms with E-state index in [0.717, 1.165) is 11.1 Å². The van der Waals surface area contributed by atoms with Gasteiger partial charge in [-0.15, -0.1) is 0 Å². The van der Waals surface area contributed by atoms with Crippen LogP contribution in [-0.2, 0) is 13.1 Å². The Kier molecular flexibility index (Phi) is 5.24. The van der Waals surface area contributed by atoms with Gasteiger partial charge in [-0.05, 0) is 17.7 Å². The van der Waals surface area contributed by atoms with Crippen molar-refractivity contribution in [3.05, 3.63) is 62.2 Å². The molecule has 0 fully saturated rings. The van der Waals surface area contributed by atoms with Gasteiger partial charge < -0.3 is 10.1 Å². The zero-order valence-electron chi connectivity index (χ0n) is 11.4. The maximum Gasteiger partial charge on any atom is 0.270 e. The Morgan fingerprint density at radius 1 is 1.38 bits per heavy atom. The number of hydrogen-bond acceptors (Lipinski definition) is 5. The minimum absolute atomic E-state index is 0.0696. The lowest BCUT2D eigenvalue weighted by Gasteiger charge is -2.08. The van der Waals surface area contributed by atoms with E-state index in [9.17, 15) is 10.1 Å². The van der Waals surface area contributed by atoms with Gasteiger partial charge >= 0.3 is 0 Å². The van der Waals surface area contributed by atoms with E-state index in [4.69, 9.17) is 4.74 Å². The van der Waals surface area contributed by atoms with Crippen LogP contribution in [0.25, 0.3) is 0 Å². The smallest absolute Gasteiger partial charge is 0.270 e. The van der Waals surface area contributed by atoms with Crippen molar-refractivity contribution in [1.29, 1.82) is 0 Å². The molecule has 1 aromatic carbocycles. The normalized spacial score (nSPS) is 10.4. The number of non-ortho nitro benzene ring substituents is 1. The average molecular weight is 352 g/mol. The fourth-order valence-electron chi connectivity index (χ4n) is 1.92. The molecule has 0 saturated carbocycles. The van der Waals surface area contributed by atoms with Crippen molar-refractivity contribution < 1.29 is 9.66 Å². The number of nitrogens with zero attached hydrogens (tertiary/aromatic N) is 2. The summed E-state index contributed by atoms with van der Waals surface area (Å²) in [5.74, 6) is 0.574. The molecule has 0 aliphatic carbocycles. The predicted octanol–water partition coefficient (Wildman–Crippen LogP) is 3.05. The Hall–Kier alpha value is -1.99. The molecule has 0 atom stereocenters. The molecule has 110 valence electrons. The van der Waals surface area contributed by atoms with Gasteiger partial charge in [-0.3, -0.25) is 10.1 Å². The highest BCUT2D eigenvalue weighted by Gasteiger charge is 2.09. The monoisotopic (exact) mass is 351 g/mol. The van der Waals surface area contributed by atoms with Crippen LogP contribution in [0.3, 0.4) is 0 Å². The molecule has 6 nitrogen and oxygen atoms in total. The van der Waals surface area contributed by atoms with Crippen molar-refractivity contribution in [2.75, 3.05) is 7.11 Å². The maximum absolute atomic E-state index is 10.8. The molecule has 0 aliphatic rings. The van der Waals surface area contributed by atoms with Crippen molar-refractivity contribution in [2.24, 2.45) is 0 Å². The SMILES string of the molecule is COc1ncccc1CNCc1cc(Br)cc([N+](=O)[O-])c1. The molecular weight excluding hydrogens is 338 g/mol. The highest BCUT2D eigenvalue weighted by molar-refractivity contribution is 9.10. The number of halogens is 1. The summed E-state index contributed by atoms with van der Waals surface area (Å²) in [6.07, 6.45) is 1.67. The van der Waals surface area contributed by atoms with Crippen molar-refractivity contribution in [2.45, 2.75) is 13.1 Å². The van der Waals surface area contributed by atoms with Gasteiger partial charge in [0.2, 0.25) is 5.88 Å². The van der Waals surface area contributed by atoms with Gasteiger partial charge in [-0.1, -0.05) is 22.0 Å². The first-order valence-electron chi connectivity index (χ1n) is 6.22. The van der Waals surface area contributed by atoms with E-state index in [-0.39, 0.29) is 5.69 Å². The van der Waals surface area contributed by atoms with Gasteiger partial charge in [0, 0.05) is 41.5 Å². The number of ether oxygens (including phenoxy) is 1. The van der Waals surface area contributed by atoms with Crippen molar-refractivity contribution >= 4 is 21.6 Å². The molecule has 0 amide bonds. The Balaban J connectivity index is 2.02. The van der Waals surface area contributed by atoms with Crippen LogP contribution in [-0.4, -0.2) is 17.0 Å². The van der Waals surface area contributed by atoms with Gasteiger partial charge in [0.1, 0.15) is 0 Å². The number of methoxy groups -OCH3 is 1. The molecule has 1 N–H and O–H groups in total. The fraction of sp³-hybridized carbons (Fsp3) is 0.214. The van der Waals surface area contributed by atoms with E-state index in [2.05, 4.69) is 26.2 Å². The van der Waals surface area contributed by atoms with Crippen molar-refractivity contribution in [3.8, 4) is 5.88 Å². The molecule has 21 heavy (non-hydrogen) atoms. The standard InChI is InChI=1S/C14H14BrN3O3/c1-21-14-11(3-2-4-17-14)9-16-8-10-5-12(15)7-13(6-10)18(19)20/h2-7,16H,8-9H2,1H3. The van der Waals surface area contributed by atoms with E-state index >= 15 is 0 Å². The van der Waals surface area contributed by atoms with E-state index in [1.165, 1.54) is 6.07 Å². The van der Waals surface area contributed by atoms with Crippen LogP contribution in [0.1, 0.15) is 11.1 Å². The summed E-state index contributed by atoms with van der Waals surface area (Å²) >= 11 is 3.28. The highest BCUT2D eigenvalue weighted by Crippen LogP contribution is 2.21. The number of benzene rings is 1. The largest absolute Gasteiger partial charge is 0.481 e. The third-order valence-electron chi connectivity index (χ3n) is 2.84. The third-order valence-corrected chi connectivity index (χ3v) is 3.30. The molecule has 1 aromatic heterocycles. The Bertz CT molecular complexity index is 649. The van der Waals surface area contributed by atoms with Gasteiger partial charge in [0.25, 0.3) is 5.69 Å². The first kappa shape index (κ1) is 15.4. The lowest BCUT2D eigenvalue weighted by Crippen LogP contribution is -2.14. The quantitative estimate of drug-likeness (QED) is 0.639. The molecule has 0 spiro atoms. The van der Waals surface area contributed by atoms with E-state index < -0.39 is 4.92 Å². The summed E-state index contributed by atoms with van der Waals surface area (Å²) < 4.78 is 5.86. The topological polar surface area (TPSA) is 77.3 Å². The fourth-order valence-corrected chi connectivity index (χ4v) is 2.45. The summed E-state index contributed by atoms with van der Waals surface area (Å²) in [6, 6.07) is 8.64. The Morgan fingerprint density at radius 2 is 2.19 bits per heavy atom. The minimum Gasteiger partial charge on any atom is -0.481 e. The van der Waals surface area contributed by atoms with Crippen LogP contribution in [0.4, 0.5) is 5.69 Å². The van der Waals surface area contributed by atoms with Crippen molar-refractivity contribution in [3.63, 3.8) is 0 Å². The lowest BCUT2D eigenvalue weighted by atomic mass is 10.2. The number of nitrogens with one attached hydrogen (secondary N) is 1. The van der Waals surface area contributed by atoms with Crippen LogP contribution in [0, 0.1) is 10.1 Å². The minimum atomic E-state index is -0.404. The van der Waals surface area contributed by atoms with Crippen LogP contribution >= 0.6 is 15.9 Å². The van der Waals surface area contributed by atoms with Crippen LogP contribution in [0.2, 0.25) is 0 Å². The molecule has 2 aromatic rings. The molecule has 0 unspecified atom stereocenters. The second-order valence-corrected chi connectivity index (χ2v) is 5.27. The summed E-state index contributed by atoms with van der Waals surface area (Å²) in [4.78, 5) is 14.5. The maximum atomic E-state index is 10.8. The first-order valence-corrected chi connectivity index (χ1v) is 7.02. The number of aromatic nitrogens is 1. The molecular formula is C14H14BrN3O3. The third kappa shape index (κ3) is 4.24. The van der Waals surface area contributed by atoms with Crippen LogP contribution < -0.4 is 10.1 Å². The molecule has 1 heterocycles. The number of pyridine rings is 1. The number of hydrogen-bond donors (Lipinski definition) is 1.